The van der Waals surface area contributed by atoms with Gasteiger partial charge in [0.2, 0.25) is 11.1 Å². The summed E-state index contributed by atoms with van der Waals surface area (Å²) in [4.78, 5) is 18.5. The molecule has 7 heteroatoms. The van der Waals surface area contributed by atoms with Gasteiger partial charge in [-0.2, -0.15) is 0 Å². The highest BCUT2D eigenvalue weighted by molar-refractivity contribution is 7.99. The summed E-state index contributed by atoms with van der Waals surface area (Å²) in [6, 6.07) is 16.2. The first kappa shape index (κ1) is 18.1. The van der Waals surface area contributed by atoms with E-state index in [0.717, 1.165) is 5.56 Å². The molecule has 134 valence electrons. The standard InChI is InChI=1S/C19H19FN4OS/c1-2-24(12-14-8-4-3-5-9-14)17(25)13-26-19-21-18(22-23-19)15-10-6-7-11-16(15)20/h3-11H,2,12-13H2,1H3,(H,21,22,23). The number of carbonyl (C=O) groups excluding carboxylic acids is 1. The van der Waals surface area contributed by atoms with E-state index in [2.05, 4.69) is 15.2 Å². The SMILES string of the molecule is CCN(Cc1ccccc1)C(=O)CSc1n[nH]c(-c2ccccc2F)n1. The first-order chi connectivity index (χ1) is 12.7. The molecular weight excluding hydrogens is 351 g/mol. The Bertz CT molecular complexity index is 869. The lowest BCUT2D eigenvalue weighted by atomic mass is 10.2. The van der Waals surface area contributed by atoms with Crippen LogP contribution < -0.4 is 0 Å². The van der Waals surface area contributed by atoms with Crippen LogP contribution in [-0.2, 0) is 11.3 Å². The number of halogens is 1. The van der Waals surface area contributed by atoms with Crippen molar-refractivity contribution in [2.75, 3.05) is 12.3 Å². The zero-order valence-electron chi connectivity index (χ0n) is 14.4. The Morgan fingerprint density at radius 3 is 2.62 bits per heavy atom. The molecule has 5 nitrogen and oxygen atoms in total. The second-order valence-corrected chi connectivity index (χ2v) is 6.57. The molecule has 0 radical (unpaired) electrons. The Balaban J connectivity index is 1.60. The fraction of sp³-hybridized carbons (Fsp3) is 0.211. The number of thioether (sulfide) groups is 1. The van der Waals surface area contributed by atoms with Crippen molar-refractivity contribution in [1.82, 2.24) is 20.1 Å². The topological polar surface area (TPSA) is 61.9 Å². The van der Waals surface area contributed by atoms with Crippen molar-refractivity contribution in [2.24, 2.45) is 0 Å². The summed E-state index contributed by atoms with van der Waals surface area (Å²) in [5, 5.41) is 7.21. The van der Waals surface area contributed by atoms with Crippen LogP contribution in [0.1, 0.15) is 12.5 Å². The molecule has 0 bridgehead atoms. The zero-order valence-corrected chi connectivity index (χ0v) is 15.2. The fourth-order valence-electron chi connectivity index (χ4n) is 2.48. The average Bonchev–Trinajstić information content (AvgIpc) is 3.14. The van der Waals surface area contributed by atoms with Gasteiger partial charge in [0, 0.05) is 13.1 Å². The predicted molar refractivity (Wildman–Crippen MR) is 100 cm³/mol. The van der Waals surface area contributed by atoms with Crippen molar-refractivity contribution >= 4 is 17.7 Å². The molecule has 3 rings (SSSR count). The lowest BCUT2D eigenvalue weighted by Crippen LogP contribution is -2.31. The summed E-state index contributed by atoms with van der Waals surface area (Å²) in [6.45, 7) is 3.16. The normalized spacial score (nSPS) is 10.7. The number of benzene rings is 2. The Morgan fingerprint density at radius 1 is 1.15 bits per heavy atom. The molecule has 2 aromatic carbocycles. The molecule has 1 heterocycles. The summed E-state index contributed by atoms with van der Waals surface area (Å²) < 4.78 is 13.8. The number of hydrogen-bond donors (Lipinski definition) is 1. The molecule has 3 aromatic rings. The number of hydrogen-bond acceptors (Lipinski definition) is 4. The number of carbonyl (C=O) groups is 1. The molecule has 0 spiro atoms. The number of nitrogens with zero attached hydrogens (tertiary/aromatic N) is 3. The molecule has 1 amide bonds. The molecule has 1 aromatic heterocycles. The summed E-state index contributed by atoms with van der Waals surface area (Å²) in [5.41, 5.74) is 1.45. The quantitative estimate of drug-likeness (QED) is 0.644. The van der Waals surface area contributed by atoms with Crippen molar-refractivity contribution in [2.45, 2.75) is 18.6 Å². The summed E-state index contributed by atoms with van der Waals surface area (Å²) in [6.07, 6.45) is 0. The van der Waals surface area contributed by atoms with Gasteiger partial charge in [0.25, 0.3) is 0 Å². The molecule has 0 aliphatic heterocycles. The lowest BCUT2D eigenvalue weighted by molar-refractivity contribution is -0.128. The van der Waals surface area contributed by atoms with Crippen molar-refractivity contribution < 1.29 is 9.18 Å². The highest BCUT2D eigenvalue weighted by Gasteiger charge is 2.15. The maximum Gasteiger partial charge on any atom is 0.233 e. The van der Waals surface area contributed by atoms with E-state index in [-0.39, 0.29) is 17.5 Å². The summed E-state index contributed by atoms with van der Waals surface area (Å²) >= 11 is 1.24. The van der Waals surface area contributed by atoms with Gasteiger partial charge in [-0.05, 0) is 24.6 Å². The molecule has 0 atom stereocenters. The third kappa shape index (κ3) is 4.49. The number of rotatable bonds is 7. The third-order valence-corrected chi connectivity index (χ3v) is 4.70. The van der Waals surface area contributed by atoms with Gasteiger partial charge in [0.15, 0.2) is 5.82 Å². The Morgan fingerprint density at radius 2 is 1.88 bits per heavy atom. The van der Waals surface area contributed by atoms with Crippen LogP contribution in [0.25, 0.3) is 11.4 Å². The lowest BCUT2D eigenvalue weighted by Gasteiger charge is -2.20. The maximum absolute atomic E-state index is 13.8. The van der Waals surface area contributed by atoms with Gasteiger partial charge in [-0.15, -0.1) is 5.10 Å². The van der Waals surface area contributed by atoms with Gasteiger partial charge in [0.1, 0.15) is 5.82 Å². The van der Waals surface area contributed by atoms with Gasteiger partial charge in [-0.1, -0.05) is 54.2 Å². The summed E-state index contributed by atoms with van der Waals surface area (Å²) in [5.74, 6) is 0.236. The van der Waals surface area contributed by atoms with Gasteiger partial charge in [-0.3, -0.25) is 9.89 Å². The van der Waals surface area contributed by atoms with Crippen molar-refractivity contribution in [3.8, 4) is 11.4 Å². The van der Waals surface area contributed by atoms with Crippen molar-refractivity contribution in [1.29, 1.82) is 0 Å². The van der Waals surface area contributed by atoms with E-state index in [0.29, 0.717) is 29.6 Å². The van der Waals surface area contributed by atoms with Gasteiger partial charge in [0.05, 0.1) is 11.3 Å². The predicted octanol–water partition coefficient (Wildman–Crippen LogP) is 3.75. The Labute approximate surface area is 155 Å². The van der Waals surface area contributed by atoms with Crippen LogP contribution in [0.5, 0.6) is 0 Å². The van der Waals surface area contributed by atoms with Gasteiger partial charge < -0.3 is 4.90 Å². The molecule has 0 fully saturated rings. The minimum absolute atomic E-state index is 0.0126. The number of amides is 1. The second-order valence-electron chi connectivity index (χ2n) is 5.63. The van der Waals surface area contributed by atoms with E-state index in [1.165, 1.54) is 17.8 Å². The number of H-pyrrole nitrogens is 1. The van der Waals surface area contributed by atoms with Crippen LogP contribution >= 0.6 is 11.8 Å². The van der Waals surface area contributed by atoms with E-state index >= 15 is 0 Å². The number of nitrogens with one attached hydrogen (secondary N) is 1. The highest BCUT2D eigenvalue weighted by atomic mass is 32.2. The Kier molecular flexibility index (Phi) is 6.01. The van der Waals surface area contributed by atoms with E-state index in [1.54, 1.807) is 23.1 Å². The van der Waals surface area contributed by atoms with E-state index in [4.69, 9.17) is 0 Å². The average molecular weight is 370 g/mol. The van der Waals surface area contributed by atoms with Gasteiger partial charge >= 0.3 is 0 Å². The molecule has 26 heavy (non-hydrogen) atoms. The van der Waals surface area contributed by atoms with Crippen LogP contribution in [0.2, 0.25) is 0 Å². The smallest absolute Gasteiger partial charge is 0.233 e. The number of aromatic nitrogens is 3. The highest BCUT2D eigenvalue weighted by Crippen LogP contribution is 2.21. The zero-order chi connectivity index (χ0) is 18.4. The van der Waals surface area contributed by atoms with Crippen molar-refractivity contribution in [3.05, 3.63) is 66.0 Å². The van der Waals surface area contributed by atoms with Crippen LogP contribution in [0.15, 0.2) is 59.8 Å². The van der Waals surface area contributed by atoms with E-state index < -0.39 is 0 Å². The largest absolute Gasteiger partial charge is 0.338 e. The molecule has 0 aliphatic rings. The molecule has 0 saturated heterocycles. The van der Waals surface area contributed by atoms with Crippen LogP contribution in [-0.4, -0.2) is 38.3 Å². The van der Waals surface area contributed by atoms with Crippen LogP contribution in [0.3, 0.4) is 0 Å². The minimum atomic E-state index is -0.365. The van der Waals surface area contributed by atoms with Crippen LogP contribution in [0.4, 0.5) is 4.39 Å². The van der Waals surface area contributed by atoms with Gasteiger partial charge in [-0.25, -0.2) is 9.37 Å². The third-order valence-electron chi connectivity index (χ3n) is 3.87. The summed E-state index contributed by atoms with van der Waals surface area (Å²) in [7, 11) is 0. The van der Waals surface area contributed by atoms with E-state index in [9.17, 15) is 9.18 Å². The monoisotopic (exact) mass is 370 g/mol. The van der Waals surface area contributed by atoms with Crippen molar-refractivity contribution in [3.63, 3.8) is 0 Å². The number of aromatic amines is 1. The van der Waals surface area contributed by atoms with E-state index in [1.807, 2.05) is 37.3 Å². The maximum atomic E-state index is 13.8. The molecule has 1 N–H and O–H groups in total. The second kappa shape index (κ2) is 8.62. The molecule has 0 aliphatic carbocycles. The molecule has 0 saturated carbocycles. The minimum Gasteiger partial charge on any atom is -0.338 e. The Hall–Kier alpha value is -2.67. The van der Waals surface area contributed by atoms with Crippen LogP contribution in [0, 0.1) is 5.82 Å². The molecule has 0 unspecified atom stereocenters. The fourth-order valence-corrected chi connectivity index (χ4v) is 3.18. The first-order valence-corrected chi connectivity index (χ1v) is 9.27. The molecular formula is C19H19FN4OS. The first-order valence-electron chi connectivity index (χ1n) is 8.29.